The van der Waals surface area contributed by atoms with E-state index in [1.165, 1.54) is 12.8 Å². The highest BCUT2D eigenvalue weighted by Gasteiger charge is 2.36. The van der Waals surface area contributed by atoms with Gasteiger partial charge in [0.2, 0.25) is 0 Å². The van der Waals surface area contributed by atoms with E-state index in [4.69, 9.17) is 0 Å². The number of phenolic OH excluding ortho intramolecular Hbond substituents is 1. The summed E-state index contributed by atoms with van der Waals surface area (Å²) < 4.78 is 0. The van der Waals surface area contributed by atoms with Gasteiger partial charge in [0.25, 0.3) is 0 Å². The van der Waals surface area contributed by atoms with Gasteiger partial charge in [-0.05, 0) is 24.6 Å². The Morgan fingerprint density at radius 2 is 2.05 bits per heavy atom. The second-order valence-corrected chi connectivity index (χ2v) is 5.62. The minimum atomic E-state index is 0.200. The van der Waals surface area contributed by atoms with Crippen molar-refractivity contribution in [2.45, 2.75) is 38.8 Å². The topological polar surface area (TPSA) is 32.3 Å². The fourth-order valence-electron chi connectivity index (χ4n) is 2.94. The van der Waals surface area contributed by atoms with Gasteiger partial charge in [0.15, 0.2) is 0 Å². The fourth-order valence-corrected chi connectivity index (χ4v) is 2.94. The number of hydrogen-bond donors (Lipinski definition) is 2. The van der Waals surface area contributed by atoms with Crippen molar-refractivity contribution < 1.29 is 5.11 Å². The Morgan fingerprint density at radius 3 is 2.79 bits per heavy atom. The van der Waals surface area contributed by atoms with Crippen molar-refractivity contribution in [1.29, 1.82) is 0 Å². The molecule has 1 aliphatic carbocycles. The molecule has 2 nitrogen and oxygen atoms in total. The van der Waals surface area contributed by atoms with E-state index in [1.807, 2.05) is 30.3 Å². The normalized spacial score (nSPS) is 23.5. The number of aromatic hydroxyl groups is 1. The maximum absolute atomic E-state index is 10.4. The van der Waals surface area contributed by atoms with E-state index < -0.39 is 0 Å². The van der Waals surface area contributed by atoms with Crippen molar-refractivity contribution in [3.8, 4) is 5.75 Å². The van der Waals surface area contributed by atoms with Crippen molar-refractivity contribution in [1.82, 2.24) is 5.32 Å². The summed E-state index contributed by atoms with van der Waals surface area (Å²) >= 11 is 0. The van der Waals surface area contributed by atoms with Crippen LogP contribution in [-0.4, -0.2) is 11.1 Å². The Labute approximate surface area is 114 Å². The largest absolute Gasteiger partial charge is 0.507 e. The van der Waals surface area contributed by atoms with Crippen LogP contribution in [0.25, 0.3) is 10.8 Å². The molecule has 1 saturated carbocycles. The molecule has 1 fully saturated rings. The highest BCUT2D eigenvalue weighted by atomic mass is 16.3. The molecule has 0 saturated heterocycles. The van der Waals surface area contributed by atoms with Crippen LogP contribution in [0.4, 0.5) is 0 Å². The number of hydrogen-bond acceptors (Lipinski definition) is 2. The number of nitrogens with one attached hydrogen (secondary N) is 1. The lowest BCUT2D eigenvalue weighted by Gasteiger charge is -2.17. The highest BCUT2D eigenvalue weighted by Crippen LogP contribution is 2.37. The molecule has 2 N–H and O–H groups in total. The summed E-state index contributed by atoms with van der Waals surface area (Å²) in [5, 5.41) is 16.1. The number of benzene rings is 2. The lowest BCUT2D eigenvalue weighted by molar-refractivity contribution is 0.454. The molecule has 3 rings (SSSR count). The minimum Gasteiger partial charge on any atom is -0.507 e. The summed E-state index contributed by atoms with van der Waals surface area (Å²) in [6.45, 7) is 4.37. The molecule has 2 aromatic rings. The van der Waals surface area contributed by atoms with Crippen LogP contribution in [0.15, 0.2) is 36.4 Å². The van der Waals surface area contributed by atoms with Gasteiger partial charge in [0.05, 0.1) is 0 Å². The third-order valence-electron chi connectivity index (χ3n) is 4.31. The third-order valence-corrected chi connectivity index (χ3v) is 4.31. The second kappa shape index (κ2) is 4.86. The van der Waals surface area contributed by atoms with Crippen molar-refractivity contribution >= 4 is 10.8 Å². The number of phenols is 1. The van der Waals surface area contributed by atoms with Gasteiger partial charge in [-0.25, -0.2) is 0 Å². The Bertz CT molecular complexity index is 593. The molecule has 0 aromatic heterocycles. The SMILES string of the molecule is CCC1CC1NC(C)c1ccc2ccccc2c1O. The summed E-state index contributed by atoms with van der Waals surface area (Å²) in [5.41, 5.74) is 1.00. The molecule has 2 heteroatoms. The van der Waals surface area contributed by atoms with E-state index in [0.29, 0.717) is 11.8 Å². The minimum absolute atomic E-state index is 0.200. The zero-order valence-corrected chi connectivity index (χ0v) is 11.6. The summed E-state index contributed by atoms with van der Waals surface area (Å²) in [6, 6.07) is 12.9. The highest BCUT2D eigenvalue weighted by molar-refractivity contribution is 5.89. The molecule has 0 bridgehead atoms. The van der Waals surface area contributed by atoms with E-state index in [0.717, 1.165) is 22.3 Å². The van der Waals surface area contributed by atoms with Gasteiger partial charge in [-0.15, -0.1) is 0 Å². The van der Waals surface area contributed by atoms with Gasteiger partial charge in [0.1, 0.15) is 5.75 Å². The summed E-state index contributed by atoms with van der Waals surface area (Å²) in [6.07, 6.45) is 2.52. The van der Waals surface area contributed by atoms with Crippen LogP contribution in [0.1, 0.15) is 38.3 Å². The van der Waals surface area contributed by atoms with Gasteiger partial charge in [-0.1, -0.05) is 49.7 Å². The molecule has 0 radical (unpaired) electrons. The maximum atomic E-state index is 10.4. The quantitative estimate of drug-likeness (QED) is 0.865. The predicted octanol–water partition coefficient (Wildman–Crippen LogP) is 3.99. The Morgan fingerprint density at radius 1 is 1.26 bits per heavy atom. The lowest BCUT2D eigenvalue weighted by atomic mass is 10.0. The van der Waals surface area contributed by atoms with E-state index >= 15 is 0 Å². The average molecular weight is 255 g/mol. The van der Waals surface area contributed by atoms with Crippen molar-refractivity contribution in [3.05, 3.63) is 42.0 Å². The smallest absolute Gasteiger partial charge is 0.128 e. The molecular formula is C17H21NO. The van der Waals surface area contributed by atoms with Gasteiger partial charge >= 0.3 is 0 Å². The Balaban J connectivity index is 1.86. The molecule has 0 spiro atoms. The molecule has 1 aliphatic rings. The molecule has 19 heavy (non-hydrogen) atoms. The molecule has 100 valence electrons. The van der Waals surface area contributed by atoms with Crippen LogP contribution in [0, 0.1) is 5.92 Å². The standard InChI is InChI=1S/C17H21NO/c1-3-12-10-16(12)18-11(2)14-9-8-13-6-4-5-7-15(13)17(14)19/h4-9,11-12,16,18-19H,3,10H2,1-2H3. The van der Waals surface area contributed by atoms with Crippen LogP contribution >= 0.6 is 0 Å². The first-order chi connectivity index (χ1) is 9.20. The zero-order valence-electron chi connectivity index (χ0n) is 11.6. The molecule has 0 heterocycles. The molecule has 2 aromatic carbocycles. The van der Waals surface area contributed by atoms with Gasteiger partial charge < -0.3 is 10.4 Å². The molecule has 0 amide bonds. The van der Waals surface area contributed by atoms with E-state index in [-0.39, 0.29) is 6.04 Å². The van der Waals surface area contributed by atoms with Crippen molar-refractivity contribution in [2.75, 3.05) is 0 Å². The van der Waals surface area contributed by atoms with Crippen LogP contribution in [0.2, 0.25) is 0 Å². The second-order valence-electron chi connectivity index (χ2n) is 5.62. The Hall–Kier alpha value is -1.54. The van der Waals surface area contributed by atoms with E-state index in [1.54, 1.807) is 0 Å². The van der Waals surface area contributed by atoms with Crippen molar-refractivity contribution in [2.24, 2.45) is 5.92 Å². The monoisotopic (exact) mass is 255 g/mol. The average Bonchev–Trinajstić information content (AvgIpc) is 3.17. The van der Waals surface area contributed by atoms with Crippen LogP contribution < -0.4 is 5.32 Å². The van der Waals surface area contributed by atoms with E-state index in [9.17, 15) is 5.11 Å². The molecule has 3 atom stereocenters. The molecular weight excluding hydrogens is 234 g/mol. The summed E-state index contributed by atoms with van der Waals surface area (Å²) in [4.78, 5) is 0. The van der Waals surface area contributed by atoms with Gasteiger partial charge in [-0.3, -0.25) is 0 Å². The first-order valence-electron chi connectivity index (χ1n) is 7.17. The molecule has 0 aliphatic heterocycles. The van der Waals surface area contributed by atoms with Crippen LogP contribution in [0.5, 0.6) is 5.75 Å². The first-order valence-corrected chi connectivity index (χ1v) is 7.17. The number of rotatable bonds is 4. The van der Waals surface area contributed by atoms with Crippen LogP contribution in [0.3, 0.4) is 0 Å². The van der Waals surface area contributed by atoms with Crippen molar-refractivity contribution in [3.63, 3.8) is 0 Å². The first kappa shape index (κ1) is 12.5. The van der Waals surface area contributed by atoms with E-state index in [2.05, 4.69) is 25.2 Å². The van der Waals surface area contributed by atoms with Gasteiger partial charge in [0, 0.05) is 23.0 Å². The lowest BCUT2D eigenvalue weighted by Crippen LogP contribution is -2.22. The number of fused-ring (bicyclic) bond motifs is 1. The summed E-state index contributed by atoms with van der Waals surface area (Å²) in [5.74, 6) is 1.25. The predicted molar refractivity (Wildman–Crippen MR) is 79.3 cm³/mol. The van der Waals surface area contributed by atoms with Gasteiger partial charge in [-0.2, -0.15) is 0 Å². The Kier molecular flexibility index (Phi) is 3.19. The third kappa shape index (κ3) is 2.33. The van der Waals surface area contributed by atoms with Crippen LogP contribution in [-0.2, 0) is 0 Å². The summed E-state index contributed by atoms with van der Waals surface area (Å²) in [7, 11) is 0. The maximum Gasteiger partial charge on any atom is 0.128 e. The zero-order chi connectivity index (χ0) is 13.4. The fraction of sp³-hybridized carbons (Fsp3) is 0.412. The molecule has 3 unspecified atom stereocenters.